The van der Waals surface area contributed by atoms with E-state index in [9.17, 15) is 23.1 Å². The molecule has 24 heavy (non-hydrogen) atoms. The van der Waals surface area contributed by atoms with Crippen LogP contribution in [0.2, 0.25) is 0 Å². The number of halogens is 3. The molecule has 1 aromatic rings. The predicted octanol–water partition coefficient (Wildman–Crippen LogP) is 1.77. The van der Waals surface area contributed by atoms with E-state index in [0.717, 1.165) is 0 Å². The number of carbonyl (C=O) groups is 1. The number of alkyl halides is 3. The Labute approximate surface area is 138 Å². The van der Waals surface area contributed by atoms with Crippen LogP contribution in [0.3, 0.4) is 0 Å². The van der Waals surface area contributed by atoms with Gasteiger partial charge in [-0.1, -0.05) is 6.07 Å². The lowest BCUT2D eigenvalue weighted by Gasteiger charge is -2.25. The zero-order chi connectivity index (χ0) is 17.7. The molecule has 1 aliphatic heterocycles. The minimum absolute atomic E-state index is 0.174. The van der Waals surface area contributed by atoms with Gasteiger partial charge in [-0.3, -0.25) is 9.69 Å². The molecule has 5 nitrogen and oxygen atoms in total. The highest BCUT2D eigenvalue weighted by molar-refractivity contribution is 5.94. The van der Waals surface area contributed by atoms with E-state index < -0.39 is 18.8 Å². The Bertz CT molecular complexity index is 566. The molecule has 1 saturated heterocycles. The van der Waals surface area contributed by atoms with Gasteiger partial charge in [0, 0.05) is 38.3 Å². The summed E-state index contributed by atoms with van der Waals surface area (Å²) in [7, 11) is 1.51. The lowest BCUT2D eigenvalue weighted by molar-refractivity contribution is -0.208. The van der Waals surface area contributed by atoms with Crippen LogP contribution in [0, 0.1) is 0 Å². The second-order valence-electron chi connectivity index (χ2n) is 5.74. The maximum absolute atomic E-state index is 12.5. The van der Waals surface area contributed by atoms with Gasteiger partial charge in [-0.2, -0.15) is 13.2 Å². The molecule has 0 bridgehead atoms. The molecule has 1 amide bonds. The number of benzene rings is 1. The number of hydrogen-bond donors (Lipinski definition) is 1. The van der Waals surface area contributed by atoms with Crippen molar-refractivity contribution in [3.05, 3.63) is 29.8 Å². The molecule has 1 heterocycles. The first-order chi connectivity index (χ1) is 11.3. The Kier molecular flexibility index (Phi) is 6.06. The molecule has 1 atom stereocenters. The van der Waals surface area contributed by atoms with Crippen molar-refractivity contribution in [3.8, 4) is 5.75 Å². The summed E-state index contributed by atoms with van der Waals surface area (Å²) in [6.45, 7) is 1.03. The zero-order valence-electron chi connectivity index (χ0n) is 13.4. The number of ether oxygens (including phenoxy) is 1. The molecule has 1 aromatic carbocycles. The van der Waals surface area contributed by atoms with Crippen LogP contribution in [0.15, 0.2) is 24.3 Å². The molecule has 134 valence electrons. The van der Waals surface area contributed by atoms with Crippen LogP contribution in [-0.2, 0) is 0 Å². The summed E-state index contributed by atoms with van der Waals surface area (Å²) in [4.78, 5) is 15.7. The molecule has 0 aliphatic carbocycles. The van der Waals surface area contributed by atoms with E-state index in [1.807, 2.05) is 0 Å². The summed E-state index contributed by atoms with van der Waals surface area (Å²) in [6, 6.07) is 6.77. The third kappa shape index (κ3) is 4.85. The number of rotatable bonds is 4. The minimum atomic E-state index is -4.62. The van der Waals surface area contributed by atoms with Crippen molar-refractivity contribution in [2.45, 2.75) is 18.7 Å². The van der Waals surface area contributed by atoms with E-state index in [0.29, 0.717) is 43.9 Å². The average Bonchev–Trinajstić information content (AvgIpc) is 2.79. The summed E-state index contributed by atoms with van der Waals surface area (Å²) >= 11 is 0. The standard InChI is InChI=1S/C16H21F3N2O3/c1-24-13-5-2-4-12(10-13)15(23)21-7-3-6-20(8-9-21)11-14(22)16(17,18)19/h2,4-5,10,14,22H,3,6-9,11H2,1H3/t14-/m0/s1. The number of nitrogens with zero attached hydrogens (tertiary/aromatic N) is 2. The molecule has 2 rings (SSSR count). The monoisotopic (exact) mass is 346 g/mol. The normalized spacial score (nSPS) is 18.1. The summed E-state index contributed by atoms with van der Waals surface area (Å²) in [6.07, 6.45) is -6.43. The summed E-state index contributed by atoms with van der Waals surface area (Å²) < 4.78 is 42.4. The quantitative estimate of drug-likeness (QED) is 0.903. The smallest absolute Gasteiger partial charge is 0.415 e. The Balaban J connectivity index is 1.96. The topological polar surface area (TPSA) is 53.0 Å². The van der Waals surface area contributed by atoms with Crippen molar-refractivity contribution in [1.82, 2.24) is 9.80 Å². The first-order valence-corrected chi connectivity index (χ1v) is 7.71. The van der Waals surface area contributed by atoms with Crippen molar-refractivity contribution in [3.63, 3.8) is 0 Å². The fraction of sp³-hybridized carbons (Fsp3) is 0.562. The van der Waals surface area contributed by atoms with Gasteiger partial charge < -0.3 is 14.7 Å². The number of methoxy groups -OCH3 is 1. The second kappa shape index (κ2) is 7.85. The first kappa shape index (κ1) is 18.5. The molecule has 8 heteroatoms. The molecule has 0 unspecified atom stereocenters. The molecular weight excluding hydrogens is 325 g/mol. The number of aliphatic hydroxyl groups is 1. The highest BCUT2D eigenvalue weighted by Gasteiger charge is 2.39. The van der Waals surface area contributed by atoms with Crippen LogP contribution in [0.4, 0.5) is 13.2 Å². The van der Waals surface area contributed by atoms with E-state index in [1.54, 1.807) is 29.2 Å². The largest absolute Gasteiger partial charge is 0.497 e. The second-order valence-corrected chi connectivity index (χ2v) is 5.74. The molecule has 0 aromatic heterocycles. The SMILES string of the molecule is COc1cccc(C(=O)N2CCCN(C[C@H](O)C(F)(F)F)CC2)c1. The summed E-state index contributed by atoms with van der Waals surface area (Å²) in [5.74, 6) is 0.401. The lowest BCUT2D eigenvalue weighted by Crippen LogP contribution is -2.42. The van der Waals surface area contributed by atoms with E-state index >= 15 is 0 Å². The van der Waals surface area contributed by atoms with Gasteiger partial charge in [-0.05, 0) is 24.6 Å². The van der Waals surface area contributed by atoms with E-state index in [2.05, 4.69) is 0 Å². The summed E-state index contributed by atoms with van der Waals surface area (Å²) in [5, 5.41) is 9.18. The molecule has 0 saturated carbocycles. The number of hydrogen-bond acceptors (Lipinski definition) is 4. The minimum Gasteiger partial charge on any atom is -0.497 e. The van der Waals surface area contributed by atoms with Gasteiger partial charge in [0.15, 0.2) is 6.10 Å². The zero-order valence-corrected chi connectivity index (χ0v) is 13.4. The molecular formula is C16H21F3N2O3. The molecule has 1 fully saturated rings. The highest BCUT2D eigenvalue weighted by atomic mass is 19.4. The fourth-order valence-electron chi connectivity index (χ4n) is 2.64. The van der Waals surface area contributed by atoms with Gasteiger partial charge in [0.05, 0.1) is 7.11 Å². The van der Waals surface area contributed by atoms with Crippen molar-refractivity contribution in [2.24, 2.45) is 0 Å². The average molecular weight is 346 g/mol. The maximum Gasteiger partial charge on any atom is 0.415 e. The highest BCUT2D eigenvalue weighted by Crippen LogP contribution is 2.21. The molecule has 0 radical (unpaired) electrons. The Morgan fingerprint density at radius 2 is 2.04 bits per heavy atom. The van der Waals surface area contributed by atoms with Crippen LogP contribution in [-0.4, -0.2) is 72.9 Å². The van der Waals surface area contributed by atoms with Crippen molar-refractivity contribution in [1.29, 1.82) is 0 Å². The van der Waals surface area contributed by atoms with Gasteiger partial charge in [-0.15, -0.1) is 0 Å². The van der Waals surface area contributed by atoms with Crippen LogP contribution < -0.4 is 4.74 Å². The maximum atomic E-state index is 12.5. The van der Waals surface area contributed by atoms with E-state index in [1.165, 1.54) is 12.0 Å². The Morgan fingerprint density at radius 3 is 2.71 bits per heavy atom. The van der Waals surface area contributed by atoms with Gasteiger partial charge in [-0.25, -0.2) is 0 Å². The van der Waals surface area contributed by atoms with Crippen LogP contribution in [0.25, 0.3) is 0 Å². The first-order valence-electron chi connectivity index (χ1n) is 7.71. The number of amides is 1. The third-order valence-corrected chi connectivity index (χ3v) is 4.00. The Morgan fingerprint density at radius 1 is 1.29 bits per heavy atom. The molecule has 1 aliphatic rings. The van der Waals surface area contributed by atoms with Gasteiger partial charge in [0.1, 0.15) is 5.75 Å². The molecule has 0 spiro atoms. The fourth-order valence-corrected chi connectivity index (χ4v) is 2.64. The number of β-amino-alcohol motifs (C(OH)–C–C–N with tert-alkyl or cyclic N) is 1. The molecule has 1 N–H and O–H groups in total. The third-order valence-electron chi connectivity index (χ3n) is 4.00. The van der Waals surface area contributed by atoms with E-state index in [4.69, 9.17) is 4.74 Å². The van der Waals surface area contributed by atoms with Crippen LogP contribution in [0.5, 0.6) is 5.75 Å². The Hall–Kier alpha value is -1.80. The van der Waals surface area contributed by atoms with Crippen LogP contribution >= 0.6 is 0 Å². The van der Waals surface area contributed by atoms with E-state index in [-0.39, 0.29) is 5.91 Å². The lowest BCUT2D eigenvalue weighted by atomic mass is 10.2. The van der Waals surface area contributed by atoms with Crippen molar-refractivity contribution >= 4 is 5.91 Å². The van der Waals surface area contributed by atoms with Crippen molar-refractivity contribution < 1.29 is 27.8 Å². The van der Waals surface area contributed by atoms with Gasteiger partial charge in [0.25, 0.3) is 5.91 Å². The predicted molar refractivity (Wildman–Crippen MR) is 82.0 cm³/mol. The number of carbonyl (C=O) groups excluding carboxylic acids is 1. The number of aliphatic hydroxyl groups excluding tert-OH is 1. The summed E-state index contributed by atoms with van der Waals surface area (Å²) in [5.41, 5.74) is 0.484. The van der Waals surface area contributed by atoms with Crippen LogP contribution in [0.1, 0.15) is 16.8 Å². The van der Waals surface area contributed by atoms with Gasteiger partial charge >= 0.3 is 6.18 Å². The van der Waals surface area contributed by atoms with Gasteiger partial charge in [0.2, 0.25) is 0 Å². The van der Waals surface area contributed by atoms with Crippen molar-refractivity contribution in [2.75, 3.05) is 39.8 Å².